The lowest BCUT2D eigenvalue weighted by Gasteiger charge is -2.04. The Balaban J connectivity index is 1.40. The van der Waals surface area contributed by atoms with Gasteiger partial charge >= 0.3 is 0 Å². The zero-order chi connectivity index (χ0) is 20.4. The number of aromatic nitrogens is 3. The molecule has 0 atom stereocenters. The Labute approximate surface area is 173 Å². The Hall–Kier alpha value is -2.71. The quantitative estimate of drug-likeness (QED) is 0.444. The molecule has 0 spiro atoms. The Morgan fingerprint density at radius 1 is 1.03 bits per heavy atom. The van der Waals surface area contributed by atoms with Crippen molar-refractivity contribution in [2.75, 3.05) is 0 Å². The van der Waals surface area contributed by atoms with Gasteiger partial charge in [0.2, 0.25) is 0 Å². The van der Waals surface area contributed by atoms with E-state index >= 15 is 0 Å². The molecule has 1 aromatic carbocycles. The highest BCUT2D eigenvalue weighted by molar-refractivity contribution is 7.89. The van der Waals surface area contributed by atoms with Crippen molar-refractivity contribution in [1.82, 2.24) is 14.4 Å². The van der Waals surface area contributed by atoms with E-state index in [-0.39, 0.29) is 11.5 Å². The van der Waals surface area contributed by atoms with Crippen LogP contribution in [0.3, 0.4) is 0 Å². The number of rotatable bonds is 7. The van der Waals surface area contributed by atoms with Gasteiger partial charge in [0, 0.05) is 17.8 Å². The molecule has 0 amide bonds. The van der Waals surface area contributed by atoms with Crippen LogP contribution in [-0.4, -0.2) is 22.8 Å². The first-order valence-electron chi connectivity index (χ1n) is 9.14. The fourth-order valence-corrected chi connectivity index (χ4v) is 5.14. The lowest BCUT2D eigenvalue weighted by molar-refractivity contribution is 0.305. The normalized spacial score (nSPS) is 11.8. The minimum Gasteiger partial charge on any atom is -0.486 e. The van der Waals surface area contributed by atoms with Gasteiger partial charge in [-0.1, -0.05) is 23.8 Å². The number of hydrogen-bond acceptors (Lipinski definition) is 6. The summed E-state index contributed by atoms with van der Waals surface area (Å²) in [4.78, 5) is 8.87. The summed E-state index contributed by atoms with van der Waals surface area (Å²) in [7, 11) is -3.38. The first-order valence-corrected chi connectivity index (χ1v) is 11.8. The molecule has 0 saturated heterocycles. The number of thiazole rings is 1. The van der Waals surface area contributed by atoms with Crippen LogP contribution in [0.4, 0.5) is 0 Å². The number of hydrogen-bond donors (Lipinski definition) is 0. The van der Waals surface area contributed by atoms with Crippen molar-refractivity contribution in [1.29, 1.82) is 0 Å². The van der Waals surface area contributed by atoms with Gasteiger partial charge in [0.15, 0.2) is 9.84 Å². The van der Waals surface area contributed by atoms with E-state index in [9.17, 15) is 8.42 Å². The molecule has 0 fully saturated rings. The van der Waals surface area contributed by atoms with E-state index in [0.717, 1.165) is 22.0 Å². The highest BCUT2D eigenvalue weighted by Crippen LogP contribution is 2.19. The molecular formula is C21H21N3O3S2. The number of pyridine rings is 1. The molecule has 0 aliphatic rings. The maximum absolute atomic E-state index is 12.6. The van der Waals surface area contributed by atoms with Crippen molar-refractivity contribution in [3.63, 3.8) is 0 Å². The second-order valence-corrected chi connectivity index (χ2v) is 10.0. The first-order chi connectivity index (χ1) is 13.9. The number of fused-ring (bicyclic) bond motifs is 1. The lowest BCUT2D eigenvalue weighted by atomic mass is 10.2. The van der Waals surface area contributed by atoms with Crippen LogP contribution >= 0.6 is 11.3 Å². The van der Waals surface area contributed by atoms with Gasteiger partial charge in [-0.25, -0.2) is 18.4 Å². The summed E-state index contributed by atoms with van der Waals surface area (Å²) in [6.07, 6.45) is 3.63. The van der Waals surface area contributed by atoms with Crippen LogP contribution in [0.1, 0.15) is 27.5 Å². The molecule has 8 heteroatoms. The molecular weight excluding hydrogens is 406 g/mol. The van der Waals surface area contributed by atoms with Gasteiger partial charge in [-0.3, -0.25) is 0 Å². The van der Waals surface area contributed by atoms with Crippen LogP contribution in [0.2, 0.25) is 0 Å². The van der Waals surface area contributed by atoms with E-state index in [0.29, 0.717) is 18.0 Å². The van der Waals surface area contributed by atoms with Crippen LogP contribution in [0, 0.1) is 13.8 Å². The van der Waals surface area contributed by atoms with Crippen molar-refractivity contribution >= 4 is 26.8 Å². The molecule has 0 N–H and O–H groups in total. The van der Waals surface area contributed by atoms with Crippen molar-refractivity contribution in [3.8, 4) is 5.75 Å². The molecule has 3 heterocycles. The predicted molar refractivity (Wildman–Crippen MR) is 114 cm³/mol. The number of imidazole rings is 1. The Morgan fingerprint density at radius 2 is 1.79 bits per heavy atom. The molecule has 29 heavy (non-hydrogen) atoms. The van der Waals surface area contributed by atoms with Gasteiger partial charge in [0.05, 0.1) is 22.9 Å². The van der Waals surface area contributed by atoms with Crippen molar-refractivity contribution < 1.29 is 13.2 Å². The van der Waals surface area contributed by atoms with Crippen LogP contribution in [0.25, 0.3) is 5.65 Å². The minimum atomic E-state index is -3.38. The first kappa shape index (κ1) is 19.6. The molecule has 4 aromatic rings. The molecule has 0 unspecified atom stereocenters. The minimum absolute atomic E-state index is 0.110. The Bertz CT molecular complexity index is 1240. The predicted octanol–water partition coefficient (Wildman–Crippen LogP) is 4.10. The van der Waals surface area contributed by atoms with E-state index in [4.69, 9.17) is 4.74 Å². The van der Waals surface area contributed by atoms with Gasteiger partial charge in [-0.05, 0) is 37.6 Å². The summed E-state index contributed by atoms with van der Waals surface area (Å²) in [6.45, 7) is 4.29. The van der Waals surface area contributed by atoms with Gasteiger partial charge in [0.25, 0.3) is 0 Å². The third kappa shape index (κ3) is 4.83. The fourth-order valence-electron chi connectivity index (χ4n) is 3.04. The van der Waals surface area contributed by atoms with E-state index in [1.54, 1.807) is 11.6 Å². The Morgan fingerprint density at radius 3 is 2.55 bits per heavy atom. The molecule has 6 nitrogen and oxygen atoms in total. The molecule has 0 aliphatic carbocycles. The zero-order valence-corrected chi connectivity index (χ0v) is 17.8. The molecule has 4 rings (SSSR count). The second kappa shape index (κ2) is 7.96. The number of benzene rings is 1. The number of aryl methyl sites for hydroxylation is 2. The van der Waals surface area contributed by atoms with E-state index in [2.05, 4.69) is 9.97 Å². The molecule has 3 aromatic heterocycles. The average molecular weight is 428 g/mol. The van der Waals surface area contributed by atoms with Crippen LogP contribution in [0.5, 0.6) is 5.75 Å². The van der Waals surface area contributed by atoms with E-state index in [1.807, 2.05) is 60.8 Å². The summed E-state index contributed by atoms with van der Waals surface area (Å²) < 4.78 is 32.8. The van der Waals surface area contributed by atoms with Gasteiger partial charge in [-0.2, -0.15) is 0 Å². The topological polar surface area (TPSA) is 73.6 Å². The van der Waals surface area contributed by atoms with Gasteiger partial charge in [-0.15, -0.1) is 11.3 Å². The SMILES string of the molecule is Cc1ccc(OCc2nc(CS(=O)(=O)Cc3cn4cccc(C)c4n3)cs2)cc1. The molecule has 150 valence electrons. The molecule has 0 saturated carbocycles. The standard InChI is InChI=1S/C21H21N3O3S2/c1-15-5-7-19(8-6-15)27-11-20-22-18(12-28-20)14-29(25,26)13-17-10-24-9-3-4-16(2)21(24)23-17/h3-10,12H,11,13-14H2,1-2H3. The largest absolute Gasteiger partial charge is 0.486 e. The summed E-state index contributed by atoms with van der Waals surface area (Å²) >= 11 is 1.40. The fraction of sp³-hybridized carbons (Fsp3) is 0.238. The third-order valence-electron chi connectivity index (χ3n) is 4.45. The summed E-state index contributed by atoms with van der Waals surface area (Å²) in [5.41, 5.74) is 4.03. The van der Waals surface area contributed by atoms with E-state index < -0.39 is 9.84 Å². The summed E-state index contributed by atoms with van der Waals surface area (Å²) in [5, 5.41) is 2.53. The molecule has 0 aliphatic heterocycles. The highest BCUT2D eigenvalue weighted by Gasteiger charge is 2.18. The molecule has 0 radical (unpaired) electrons. The highest BCUT2D eigenvalue weighted by atomic mass is 32.2. The zero-order valence-electron chi connectivity index (χ0n) is 16.2. The smallest absolute Gasteiger partial charge is 0.161 e. The van der Waals surface area contributed by atoms with Crippen LogP contribution in [0.15, 0.2) is 54.2 Å². The average Bonchev–Trinajstić information content (AvgIpc) is 3.27. The monoisotopic (exact) mass is 427 g/mol. The number of ether oxygens (including phenoxy) is 1. The molecule has 0 bridgehead atoms. The van der Waals surface area contributed by atoms with E-state index in [1.165, 1.54) is 16.9 Å². The number of nitrogens with zero attached hydrogens (tertiary/aromatic N) is 3. The third-order valence-corrected chi connectivity index (χ3v) is 6.79. The Kier molecular flexibility index (Phi) is 5.38. The summed E-state index contributed by atoms with van der Waals surface area (Å²) in [5.74, 6) is 0.545. The second-order valence-electron chi connectivity index (χ2n) is 7.02. The van der Waals surface area contributed by atoms with Crippen LogP contribution in [-0.2, 0) is 27.9 Å². The van der Waals surface area contributed by atoms with Crippen molar-refractivity contribution in [2.45, 2.75) is 32.0 Å². The van der Waals surface area contributed by atoms with Gasteiger partial charge < -0.3 is 9.14 Å². The maximum atomic E-state index is 12.6. The maximum Gasteiger partial charge on any atom is 0.161 e. The number of sulfone groups is 1. The summed E-state index contributed by atoms with van der Waals surface area (Å²) in [6, 6.07) is 11.6. The lowest BCUT2D eigenvalue weighted by Crippen LogP contribution is -2.08. The van der Waals surface area contributed by atoms with Crippen molar-refractivity contribution in [2.24, 2.45) is 0 Å². The van der Waals surface area contributed by atoms with Crippen molar-refractivity contribution in [3.05, 3.63) is 81.7 Å². The van der Waals surface area contributed by atoms with Crippen LogP contribution < -0.4 is 4.74 Å². The van der Waals surface area contributed by atoms with Gasteiger partial charge in [0.1, 0.15) is 23.0 Å².